The van der Waals surface area contributed by atoms with E-state index in [2.05, 4.69) is 10.1 Å². The van der Waals surface area contributed by atoms with Crippen LogP contribution in [0.1, 0.15) is 18.4 Å². The minimum Gasteiger partial charge on any atom is -0.405 e. The fraction of sp³-hybridized carbons (Fsp3) is 0.474. The molecule has 1 aliphatic carbocycles. The molecule has 1 aliphatic heterocycles. The molecule has 2 amide bonds. The van der Waals surface area contributed by atoms with E-state index >= 15 is 0 Å². The average Bonchev–Trinajstić information content (AvgIpc) is 3.44. The Morgan fingerprint density at radius 3 is 2.46 bits per heavy atom. The van der Waals surface area contributed by atoms with E-state index in [0.29, 0.717) is 38.8 Å². The van der Waals surface area contributed by atoms with E-state index in [1.54, 1.807) is 11.0 Å². The number of nitrogens with zero attached hydrogens (tertiary/aromatic N) is 2. The van der Waals surface area contributed by atoms with Gasteiger partial charge >= 0.3 is 6.36 Å². The number of rotatable bonds is 6. The molecule has 0 aromatic heterocycles. The van der Waals surface area contributed by atoms with Crippen LogP contribution in [0.4, 0.5) is 13.2 Å². The van der Waals surface area contributed by atoms with Crippen LogP contribution in [0, 0.1) is 0 Å². The molecule has 1 saturated heterocycles. The number of hydrogen-bond acceptors (Lipinski definition) is 4. The molecule has 1 heterocycles. The zero-order chi connectivity index (χ0) is 20.1. The van der Waals surface area contributed by atoms with Crippen molar-refractivity contribution in [3.63, 3.8) is 0 Å². The number of alkyl halides is 3. The van der Waals surface area contributed by atoms with Gasteiger partial charge in [0.1, 0.15) is 5.75 Å². The van der Waals surface area contributed by atoms with Crippen LogP contribution in [0.25, 0.3) is 6.08 Å². The molecule has 1 aromatic rings. The number of halogens is 3. The highest BCUT2D eigenvalue weighted by atomic mass is 19.4. The fourth-order valence-corrected chi connectivity index (χ4v) is 2.93. The lowest BCUT2D eigenvalue weighted by Crippen LogP contribution is -2.51. The standard InChI is InChI=1S/C19H22F3N3O3/c20-19(21,22)28-16-4-2-1-3-14(16)5-8-18(27)25-11-9-24(10-12-25)13-17(26)23-15-6-7-15/h1-5,8,15H,6-7,9-13H2,(H,23,26)/b8-5+. The zero-order valence-corrected chi connectivity index (χ0v) is 15.2. The van der Waals surface area contributed by atoms with Gasteiger partial charge in [-0.05, 0) is 25.0 Å². The Bertz CT molecular complexity index is 739. The normalized spacial score (nSPS) is 18.3. The minimum absolute atomic E-state index is 0.00319. The molecule has 0 unspecified atom stereocenters. The summed E-state index contributed by atoms with van der Waals surface area (Å²) in [7, 11) is 0. The van der Waals surface area contributed by atoms with Crippen molar-refractivity contribution in [2.24, 2.45) is 0 Å². The number of hydrogen-bond donors (Lipinski definition) is 1. The van der Waals surface area contributed by atoms with E-state index in [9.17, 15) is 22.8 Å². The molecule has 152 valence electrons. The van der Waals surface area contributed by atoms with Crippen molar-refractivity contribution in [2.75, 3.05) is 32.7 Å². The van der Waals surface area contributed by atoms with Crippen LogP contribution in [0.2, 0.25) is 0 Å². The third-order valence-electron chi connectivity index (χ3n) is 4.54. The third kappa shape index (κ3) is 6.26. The highest BCUT2D eigenvalue weighted by Crippen LogP contribution is 2.27. The summed E-state index contributed by atoms with van der Waals surface area (Å²) in [6, 6.07) is 5.96. The lowest BCUT2D eigenvalue weighted by Gasteiger charge is -2.33. The van der Waals surface area contributed by atoms with Crippen molar-refractivity contribution in [2.45, 2.75) is 25.2 Å². The second-order valence-corrected chi connectivity index (χ2v) is 6.86. The number of amides is 2. The first-order valence-corrected chi connectivity index (χ1v) is 9.13. The molecular weight excluding hydrogens is 375 g/mol. The Hall–Kier alpha value is -2.55. The molecule has 2 aliphatic rings. The molecule has 9 heteroatoms. The fourth-order valence-electron chi connectivity index (χ4n) is 2.93. The number of carbonyl (C=O) groups excluding carboxylic acids is 2. The molecule has 1 N–H and O–H groups in total. The largest absolute Gasteiger partial charge is 0.573 e. The predicted molar refractivity (Wildman–Crippen MR) is 96.3 cm³/mol. The molecule has 0 radical (unpaired) electrons. The van der Waals surface area contributed by atoms with E-state index in [4.69, 9.17) is 0 Å². The van der Waals surface area contributed by atoms with Gasteiger partial charge in [0.15, 0.2) is 0 Å². The quantitative estimate of drug-likeness (QED) is 0.747. The van der Waals surface area contributed by atoms with Gasteiger partial charge in [0, 0.05) is 43.9 Å². The summed E-state index contributed by atoms with van der Waals surface area (Å²) >= 11 is 0. The van der Waals surface area contributed by atoms with Gasteiger partial charge in [-0.2, -0.15) is 0 Å². The number of ether oxygens (including phenoxy) is 1. The van der Waals surface area contributed by atoms with Gasteiger partial charge in [0.05, 0.1) is 6.54 Å². The van der Waals surface area contributed by atoms with Crippen molar-refractivity contribution in [1.82, 2.24) is 15.1 Å². The van der Waals surface area contributed by atoms with E-state index in [0.717, 1.165) is 12.8 Å². The maximum absolute atomic E-state index is 12.5. The average molecular weight is 397 g/mol. The summed E-state index contributed by atoms with van der Waals surface area (Å²) < 4.78 is 41.3. The lowest BCUT2D eigenvalue weighted by molar-refractivity contribution is -0.274. The zero-order valence-electron chi connectivity index (χ0n) is 15.2. The van der Waals surface area contributed by atoms with Crippen LogP contribution in [0.3, 0.4) is 0 Å². The minimum atomic E-state index is -4.80. The second kappa shape index (κ2) is 8.64. The number of carbonyl (C=O) groups is 2. The monoisotopic (exact) mass is 397 g/mol. The Balaban J connectivity index is 1.50. The van der Waals surface area contributed by atoms with Gasteiger partial charge < -0.3 is 15.0 Å². The Morgan fingerprint density at radius 2 is 1.82 bits per heavy atom. The van der Waals surface area contributed by atoms with E-state index in [-0.39, 0.29) is 23.1 Å². The van der Waals surface area contributed by atoms with Gasteiger partial charge in [-0.3, -0.25) is 14.5 Å². The van der Waals surface area contributed by atoms with Crippen molar-refractivity contribution in [1.29, 1.82) is 0 Å². The van der Waals surface area contributed by atoms with Crippen LogP contribution in [0.15, 0.2) is 30.3 Å². The van der Waals surface area contributed by atoms with Crippen molar-refractivity contribution < 1.29 is 27.5 Å². The smallest absolute Gasteiger partial charge is 0.405 e. The highest BCUT2D eigenvalue weighted by molar-refractivity contribution is 5.92. The molecular formula is C19H22F3N3O3. The van der Waals surface area contributed by atoms with Crippen LogP contribution in [-0.2, 0) is 9.59 Å². The Labute approximate surface area is 160 Å². The highest BCUT2D eigenvalue weighted by Gasteiger charge is 2.32. The SMILES string of the molecule is O=C(CN1CCN(C(=O)/C=C/c2ccccc2OC(F)(F)F)CC1)NC1CC1. The van der Waals surface area contributed by atoms with Crippen LogP contribution >= 0.6 is 0 Å². The Morgan fingerprint density at radius 1 is 1.14 bits per heavy atom. The first kappa shape index (κ1) is 20.2. The summed E-state index contributed by atoms with van der Waals surface area (Å²) in [6.07, 6.45) is -0.155. The first-order chi connectivity index (χ1) is 13.3. The lowest BCUT2D eigenvalue weighted by atomic mass is 10.2. The molecule has 28 heavy (non-hydrogen) atoms. The third-order valence-corrected chi connectivity index (χ3v) is 4.54. The molecule has 1 aromatic carbocycles. The molecule has 6 nitrogen and oxygen atoms in total. The summed E-state index contributed by atoms with van der Waals surface area (Å²) in [5, 5.41) is 2.93. The Kier molecular flexibility index (Phi) is 6.23. The van der Waals surface area contributed by atoms with Crippen molar-refractivity contribution in [3.8, 4) is 5.75 Å². The van der Waals surface area contributed by atoms with E-state index in [1.165, 1.54) is 30.4 Å². The summed E-state index contributed by atoms with van der Waals surface area (Å²) in [4.78, 5) is 27.8. The van der Waals surface area contributed by atoms with E-state index in [1.807, 2.05) is 4.90 Å². The number of para-hydroxylation sites is 1. The maximum atomic E-state index is 12.5. The van der Waals surface area contributed by atoms with Crippen LogP contribution in [-0.4, -0.2) is 66.7 Å². The molecule has 2 fully saturated rings. The topological polar surface area (TPSA) is 61.9 Å². The second-order valence-electron chi connectivity index (χ2n) is 6.86. The molecule has 1 saturated carbocycles. The first-order valence-electron chi connectivity index (χ1n) is 9.13. The van der Waals surface area contributed by atoms with Gasteiger partial charge in [-0.1, -0.05) is 18.2 Å². The maximum Gasteiger partial charge on any atom is 0.573 e. The van der Waals surface area contributed by atoms with Crippen LogP contribution in [0.5, 0.6) is 5.75 Å². The molecule has 0 atom stereocenters. The summed E-state index contributed by atoms with van der Waals surface area (Å²) in [6.45, 7) is 2.38. The summed E-state index contributed by atoms with van der Waals surface area (Å²) in [5.41, 5.74) is 0.170. The molecule has 0 spiro atoms. The van der Waals surface area contributed by atoms with Gasteiger partial charge in [0.25, 0.3) is 0 Å². The van der Waals surface area contributed by atoms with Crippen LogP contribution < -0.4 is 10.1 Å². The van der Waals surface area contributed by atoms with E-state index < -0.39 is 6.36 Å². The van der Waals surface area contributed by atoms with Crippen molar-refractivity contribution in [3.05, 3.63) is 35.9 Å². The number of benzene rings is 1. The molecule has 3 rings (SSSR count). The number of piperazine rings is 1. The molecule has 0 bridgehead atoms. The van der Waals surface area contributed by atoms with Gasteiger partial charge in [-0.25, -0.2) is 0 Å². The number of nitrogens with one attached hydrogen (secondary N) is 1. The van der Waals surface area contributed by atoms with Crippen molar-refractivity contribution >= 4 is 17.9 Å². The predicted octanol–water partition coefficient (Wildman–Crippen LogP) is 2.02. The van der Waals surface area contributed by atoms with Gasteiger partial charge in [0.2, 0.25) is 11.8 Å². The van der Waals surface area contributed by atoms with Gasteiger partial charge in [-0.15, -0.1) is 13.2 Å². The summed E-state index contributed by atoms with van der Waals surface area (Å²) in [5.74, 6) is -0.641.